The fourth-order valence-corrected chi connectivity index (χ4v) is 3.98. The number of carbonyl (C=O) groups is 2. The molecule has 0 saturated carbocycles. The molecule has 140 valence electrons. The monoisotopic (exact) mass is 358 g/mol. The van der Waals surface area contributed by atoms with E-state index in [0.717, 1.165) is 29.9 Å². The highest BCUT2D eigenvalue weighted by Gasteiger charge is 2.45. The second kappa shape index (κ2) is 7.45. The molecule has 1 atom stereocenters. The van der Waals surface area contributed by atoms with Gasteiger partial charge in [-0.1, -0.05) is 6.07 Å². The lowest BCUT2D eigenvalue weighted by Gasteiger charge is -2.37. The van der Waals surface area contributed by atoms with Crippen molar-refractivity contribution in [3.05, 3.63) is 35.8 Å². The highest BCUT2D eigenvalue weighted by atomic mass is 16.5. The van der Waals surface area contributed by atoms with Crippen molar-refractivity contribution in [3.8, 4) is 0 Å². The number of nitrogens with zero attached hydrogens (tertiary/aromatic N) is 3. The van der Waals surface area contributed by atoms with Crippen LogP contribution in [-0.2, 0) is 20.7 Å². The topological polar surface area (TPSA) is 75.9 Å². The molecule has 1 aliphatic rings. The molecule has 1 N–H and O–H groups in total. The summed E-state index contributed by atoms with van der Waals surface area (Å²) >= 11 is 0. The van der Waals surface area contributed by atoms with Gasteiger partial charge in [-0.25, -0.2) is 4.98 Å². The van der Waals surface area contributed by atoms with Gasteiger partial charge in [-0.2, -0.15) is 0 Å². The first-order chi connectivity index (χ1) is 12.5. The number of ether oxygens (including phenoxy) is 1. The van der Waals surface area contributed by atoms with E-state index in [1.54, 1.807) is 14.2 Å². The number of imidazole rings is 1. The minimum atomic E-state index is -0.569. The third-order valence-electron chi connectivity index (χ3n) is 5.23. The summed E-state index contributed by atoms with van der Waals surface area (Å²) in [7, 11) is 3.23. The molecule has 0 bridgehead atoms. The normalized spacial score (nSPS) is 19.9. The number of methoxy groups -OCH3 is 1. The quantitative estimate of drug-likeness (QED) is 0.845. The largest absolute Gasteiger partial charge is 0.382 e. The number of aromatic nitrogens is 2. The molecule has 7 nitrogen and oxygen atoms in total. The lowest BCUT2D eigenvalue weighted by Crippen LogP contribution is -2.53. The van der Waals surface area contributed by atoms with Crippen LogP contribution in [0.4, 0.5) is 0 Å². The summed E-state index contributed by atoms with van der Waals surface area (Å²) in [4.78, 5) is 31.6. The molecular weight excluding hydrogens is 332 g/mol. The zero-order chi connectivity index (χ0) is 18.7. The van der Waals surface area contributed by atoms with Crippen LogP contribution in [0.25, 0.3) is 5.65 Å². The van der Waals surface area contributed by atoms with Gasteiger partial charge in [0.25, 0.3) is 0 Å². The van der Waals surface area contributed by atoms with Gasteiger partial charge >= 0.3 is 0 Å². The maximum atomic E-state index is 13.2. The molecule has 1 aliphatic heterocycles. The molecule has 3 heterocycles. The number of amides is 2. The summed E-state index contributed by atoms with van der Waals surface area (Å²) in [6.45, 7) is 2.93. The number of aryl methyl sites for hydroxylation is 1. The molecular formula is C19H26N4O3. The van der Waals surface area contributed by atoms with Gasteiger partial charge in [0.2, 0.25) is 11.8 Å². The summed E-state index contributed by atoms with van der Waals surface area (Å²) < 4.78 is 7.35. The summed E-state index contributed by atoms with van der Waals surface area (Å²) in [6, 6.07) is 5.79. The highest BCUT2D eigenvalue weighted by molar-refractivity contribution is 5.82. The molecule has 0 spiro atoms. The molecule has 0 aliphatic carbocycles. The Morgan fingerprint density at radius 3 is 2.92 bits per heavy atom. The molecule has 2 aromatic rings. The van der Waals surface area contributed by atoms with Gasteiger partial charge in [0.05, 0.1) is 36.4 Å². The lowest BCUT2D eigenvalue weighted by molar-refractivity contribution is -0.139. The van der Waals surface area contributed by atoms with E-state index in [1.165, 1.54) is 0 Å². The van der Waals surface area contributed by atoms with Gasteiger partial charge in [0, 0.05) is 26.9 Å². The highest BCUT2D eigenvalue weighted by Crippen LogP contribution is 2.33. The molecule has 2 aromatic heterocycles. The minimum Gasteiger partial charge on any atom is -0.382 e. The van der Waals surface area contributed by atoms with Crippen molar-refractivity contribution in [1.29, 1.82) is 0 Å². The maximum Gasteiger partial charge on any atom is 0.229 e. The summed E-state index contributed by atoms with van der Waals surface area (Å²) in [5.74, 6) is -0.0649. The molecule has 1 fully saturated rings. The Morgan fingerprint density at radius 2 is 2.19 bits per heavy atom. The number of carbonyl (C=O) groups excluding carboxylic acids is 2. The zero-order valence-electron chi connectivity index (χ0n) is 15.6. The van der Waals surface area contributed by atoms with E-state index in [4.69, 9.17) is 4.74 Å². The number of pyridine rings is 1. The van der Waals surface area contributed by atoms with Crippen molar-refractivity contribution in [3.63, 3.8) is 0 Å². The predicted octanol–water partition coefficient (Wildman–Crippen LogP) is 1.33. The van der Waals surface area contributed by atoms with Crippen molar-refractivity contribution < 1.29 is 14.3 Å². The molecule has 3 rings (SSSR count). The minimum absolute atomic E-state index is 0.0113. The smallest absolute Gasteiger partial charge is 0.229 e. The van der Waals surface area contributed by atoms with Gasteiger partial charge in [0.15, 0.2) is 0 Å². The number of hydrogen-bond donors (Lipinski definition) is 1. The fourth-order valence-electron chi connectivity index (χ4n) is 3.98. The van der Waals surface area contributed by atoms with Gasteiger partial charge in [-0.3, -0.25) is 9.59 Å². The number of nitrogens with one attached hydrogen (secondary N) is 1. The Balaban J connectivity index is 1.87. The van der Waals surface area contributed by atoms with Crippen LogP contribution in [0.15, 0.2) is 24.4 Å². The first-order valence-electron chi connectivity index (χ1n) is 8.93. The fraction of sp³-hybridized carbons (Fsp3) is 0.526. The summed E-state index contributed by atoms with van der Waals surface area (Å²) in [5, 5.41) is 2.67. The SMILES string of the molecule is CNC(=O)CC1(COC)CCCN1C(=O)Cc1c(C)nc2ccccn12. The van der Waals surface area contributed by atoms with E-state index in [-0.39, 0.29) is 24.7 Å². The van der Waals surface area contributed by atoms with E-state index in [9.17, 15) is 9.59 Å². The van der Waals surface area contributed by atoms with Gasteiger partial charge in [0.1, 0.15) is 5.65 Å². The summed E-state index contributed by atoms with van der Waals surface area (Å²) in [5.41, 5.74) is 2.01. The molecule has 0 radical (unpaired) electrons. The van der Waals surface area contributed by atoms with E-state index in [1.807, 2.05) is 40.6 Å². The van der Waals surface area contributed by atoms with Gasteiger partial charge in [-0.15, -0.1) is 0 Å². The summed E-state index contributed by atoms with van der Waals surface area (Å²) in [6.07, 6.45) is 4.09. The maximum absolute atomic E-state index is 13.2. The average Bonchev–Trinajstić information content (AvgIpc) is 3.16. The molecule has 2 amide bonds. The van der Waals surface area contributed by atoms with E-state index in [2.05, 4.69) is 10.3 Å². The van der Waals surface area contributed by atoms with Crippen molar-refractivity contribution in [2.45, 2.75) is 38.1 Å². The zero-order valence-corrected chi connectivity index (χ0v) is 15.6. The first-order valence-corrected chi connectivity index (χ1v) is 8.93. The first kappa shape index (κ1) is 18.4. The second-order valence-corrected chi connectivity index (χ2v) is 6.91. The van der Waals surface area contributed by atoms with Crippen LogP contribution >= 0.6 is 0 Å². The van der Waals surface area contributed by atoms with Crippen molar-refractivity contribution in [1.82, 2.24) is 19.6 Å². The predicted molar refractivity (Wildman–Crippen MR) is 97.9 cm³/mol. The number of fused-ring (bicyclic) bond motifs is 1. The van der Waals surface area contributed by atoms with Crippen LogP contribution in [0.5, 0.6) is 0 Å². The van der Waals surface area contributed by atoms with Crippen molar-refractivity contribution >= 4 is 17.5 Å². The number of likely N-dealkylation sites (tertiary alicyclic amines) is 1. The Labute approximate surface area is 153 Å². The Bertz CT molecular complexity index is 816. The van der Waals surface area contributed by atoms with Crippen LogP contribution < -0.4 is 5.32 Å². The van der Waals surface area contributed by atoms with E-state index in [0.29, 0.717) is 13.2 Å². The van der Waals surface area contributed by atoms with E-state index < -0.39 is 5.54 Å². The molecule has 1 saturated heterocycles. The van der Waals surface area contributed by atoms with Crippen LogP contribution in [0.1, 0.15) is 30.7 Å². The molecule has 0 aromatic carbocycles. The Hall–Kier alpha value is -2.41. The number of rotatable bonds is 6. The van der Waals surface area contributed by atoms with Crippen molar-refractivity contribution in [2.24, 2.45) is 0 Å². The van der Waals surface area contributed by atoms with Crippen LogP contribution in [0.2, 0.25) is 0 Å². The van der Waals surface area contributed by atoms with E-state index >= 15 is 0 Å². The van der Waals surface area contributed by atoms with Gasteiger partial charge in [-0.05, 0) is 31.9 Å². The third-order valence-corrected chi connectivity index (χ3v) is 5.23. The average molecular weight is 358 g/mol. The van der Waals surface area contributed by atoms with Gasteiger partial charge < -0.3 is 19.4 Å². The van der Waals surface area contributed by atoms with Crippen LogP contribution in [0, 0.1) is 6.92 Å². The molecule has 26 heavy (non-hydrogen) atoms. The Morgan fingerprint density at radius 1 is 1.38 bits per heavy atom. The lowest BCUT2D eigenvalue weighted by atomic mass is 9.92. The van der Waals surface area contributed by atoms with Crippen LogP contribution in [0.3, 0.4) is 0 Å². The van der Waals surface area contributed by atoms with Crippen molar-refractivity contribution in [2.75, 3.05) is 27.3 Å². The molecule has 7 heteroatoms. The van der Waals surface area contributed by atoms with Crippen LogP contribution in [-0.4, -0.2) is 58.9 Å². The third kappa shape index (κ3) is 3.31. The molecule has 1 unspecified atom stereocenters. The standard InChI is InChI=1S/C19H26N4O3/c1-14-15(22-9-5-4-7-16(22)21-14)11-18(25)23-10-6-8-19(23,13-26-3)12-17(24)20-2/h4-5,7,9H,6,8,10-13H2,1-3H3,(H,20,24). The number of hydrogen-bond acceptors (Lipinski definition) is 4. The second-order valence-electron chi connectivity index (χ2n) is 6.91. The Kier molecular flexibility index (Phi) is 5.27.